The van der Waals surface area contributed by atoms with Crippen molar-refractivity contribution >= 4 is 28.7 Å². The molecule has 1 aromatic carbocycles. The third kappa shape index (κ3) is 4.52. The fourth-order valence-corrected chi connectivity index (χ4v) is 3.89. The molecule has 0 spiro atoms. The molecule has 2 aromatic heterocycles. The van der Waals surface area contributed by atoms with E-state index in [-0.39, 0.29) is 17.7 Å². The second-order valence-electron chi connectivity index (χ2n) is 7.64. The number of methoxy groups -OCH3 is 1. The quantitative estimate of drug-likeness (QED) is 0.548. The van der Waals surface area contributed by atoms with Gasteiger partial charge < -0.3 is 20.3 Å². The van der Waals surface area contributed by atoms with Crippen molar-refractivity contribution in [2.75, 3.05) is 45.7 Å². The molecule has 2 N–H and O–H groups in total. The van der Waals surface area contributed by atoms with E-state index in [1.165, 1.54) is 12.4 Å². The van der Waals surface area contributed by atoms with Crippen molar-refractivity contribution < 1.29 is 14.3 Å². The van der Waals surface area contributed by atoms with E-state index in [9.17, 15) is 9.59 Å². The first-order valence-electron chi connectivity index (χ1n) is 10.6. The predicted molar refractivity (Wildman–Crippen MR) is 121 cm³/mol. The molecule has 9 heteroatoms. The van der Waals surface area contributed by atoms with Crippen molar-refractivity contribution in [1.82, 2.24) is 25.2 Å². The SMILES string of the molecule is CNc1ncc(C(=O)N2CCC(c3cc(C(=O)NCCOC)c4ccccc4n3)C2)cn1. The lowest BCUT2D eigenvalue weighted by molar-refractivity contribution is 0.0789. The summed E-state index contributed by atoms with van der Waals surface area (Å²) in [5.74, 6) is 0.257. The number of amides is 2. The number of rotatable bonds is 7. The molecule has 0 radical (unpaired) electrons. The van der Waals surface area contributed by atoms with Crippen LogP contribution in [0.3, 0.4) is 0 Å². The van der Waals surface area contributed by atoms with Crippen LogP contribution in [-0.2, 0) is 4.74 Å². The van der Waals surface area contributed by atoms with Gasteiger partial charge in [0.15, 0.2) is 0 Å². The van der Waals surface area contributed by atoms with Crippen LogP contribution in [0.4, 0.5) is 5.95 Å². The number of hydrogen-bond donors (Lipinski definition) is 2. The molecule has 3 heterocycles. The number of aromatic nitrogens is 3. The third-order valence-electron chi connectivity index (χ3n) is 5.59. The number of fused-ring (bicyclic) bond motifs is 1. The smallest absolute Gasteiger partial charge is 0.257 e. The minimum atomic E-state index is -0.158. The molecule has 1 unspecified atom stereocenters. The Morgan fingerprint density at radius 3 is 2.75 bits per heavy atom. The van der Waals surface area contributed by atoms with Gasteiger partial charge in [-0.3, -0.25) is 14.6 Å². The number of nitrogens with zero attached hydrogens (tertiary/aromatic N) is 4. The van der Waals surface area contributed by atoms with Crippen molar-refractivity contribution in [3.05, 3.63) is 59.5 Å². The van der Waals surface area contributed by atoms with Gasteiger partial charge in [-0.15, -0.1) is 0 Å². The fraction of sp³-hybridized carbons (Fsp3) is 0.348. The first-order valence-corrected chi connectivity index (χ1v) is 10.6. The van der Waals surface area contributed by atoms with E-state index in [1.807, 2.05) is 30.3 Å². The Morgan fingerprint density at radius 2 is 2.00 bits per heavy atom. The van der Waals surface area contributed by atoms with Crippen LogP contribution in [0.2, 0.25) is 0 Å². The molecule has 0 bridgehead atoms. The fourth-order valence-electron chi connectivity index (χ4n) is 3.89. The Labute approximate surface area is 186 Å². The lowest BCUT2D eigenvalue weighted by Crippen LogP contribution is -2.29. The van der Waals surface area contributed by atoms with Crippen molar-refractivity contribution in [2.45, 2.75) is 12.3 Å². The predicted octanol–water partition coefficient (Wildman–Crippen LogP) is 2.07. The van der Waals surface area contributed by atoms with Gasteiger partial charge in [0.2, 0.25) is 5.95 Å². The molecule has 0 saturated carbocycles. The summed E-state index contributed by atoms with van der Waals surface area (Å²) in [5, 5.41) is 6.54. The monoisotopic (exact) mass is 434 g/mol. The van der Waals surface area contributed by atoms with E-state index in [2.05, 4.69) is 20.6 Å². The van der Waals surface area contributed by atoms with Crippen LogP contribution in [-0.4, -0.2) is 72.1 Å². The number of likely N-dealkylation sites (tertiary alicyclic amines) is 1. The standard InChI is InChI=1S/C23H26N6O3/c1-24-23-26-12-16(13-27-23)22(31)29-9-7-15(14-29)20-11-18(21(30)25-8-10-32-2)17-5-3-4-6-19(17)28-20/h3-6,11-13,15H,7-10,14H2,1-2H3,(H,25,30)(H,24,26,27). The third-order valence-corrected chi connectivity index (χ3v) is 5.59. The number of nitrogens with one attached hydrogen (secondary N) is 2. The van der Waals surface area contributed by atoms with E-state index in [1.54, 1.807) is 19.1 Å². The summed E-state index contributed by atoms with van der Waals surface area (Å²) >= 11 is 0. The highest BCUT2D eigenvalue weighted by Crippen LogP contribution is 2.30. The van der Waals surface area contributed by atoms with Gasteiger partial charge in [0.05, 0.1) is 23.3 Å². The van der Waals surface area contributed by atoms with Gasteiger partial charge in [-0.25, -0.2) is 9.97 Å². The van der Waals surface area contributed by atoms with Crippen LogP contribution in [0, 0.1) is 0 Å². The normalized spacial score (nSPS) is 15.7. The van der Waals surface area contributed by atoms with Crippen LogP contribution in [0.25, 0.3) is 10.9 Å². The van der Waals surface area contributed by atoms with Gasteiger partial charge >= 0.3 is 0 Å². The Hall–Kier alpha value is -3.59. The van der Waals surface area contributed by atoms with Crippen LogP contribution in [0.1, 0.15) is 38.7 Å². The average molecular weight is 435 g/mol. The summed E-state index contributed by atoms with van der Waals surface area (Å²) in [6.07, 6.45) is 3.84. The molecule has 1 aliphatic heterocycles. The van der Waals surface area contributed by atoms with E-state index in [0.717, 1.165) is 23.0 Å². The van der Waals surface area contributed by atoms with Crippen molar-refractivity contribution in [1.29, 1.82) is 0 Å². The van der Waals surface area contributed by atoms with Crippen molar-refractivity contribution in [2.24, 2.45) is 0 Å². The molecule has 3 aromatic rings. The van der Waals surface area contributed by atoms with Crippen molar-refractivity contribution in [3.63, 3.8) is 0 Å². The number of hydrogen-bond acceptors (Lipinski definition) is 7. The van der Waals surface area contributed by atoms with Crippen LogP contribution >= 0.6 is 0 Å². The molecule has 2 amide bonds. The lowest BCUT2D eigenvalue weighted by atomic mass is 9.99. The van der Waals surface area contributed by atoms with Gasteiger partial charge in [0.1, 0.15) is 0 Å². The van der Waals surface area contributed by atoms with Crippen LogP contribution < -0.4 is 10.6 Å². The summed E-state index contributed by atoms with van der Waals surface area (Å²) in [4.78, 5) is 40.6. The number of benzene rings is 1. The maximum absolute atomic E-state index is 12.9. The Balaban J connectivity index is 1.55. The number of ether oxygens (including phenoxy) is 1. The number of carbonyl (C=O) groups is 2. The van der Waals surface area contributed by atoms with Gasteiger partial charge in [-0.2, -0.15) is 0 Å². The maximum Gasteiger partial charge on any atom is 0.257 e. The van der Waals surface area contributed by atoms with Gasteiger partial charge in [0.25, 0.3) is 11.8 Å². The van der Waals surface area contributed by atoms with Crippen LogP contribution in [0.5, 0.6) is 0 Å². The highest BCUT2D eigenvalue weighted by atomic mass is 16.5. The molecule has 1 fully saturated rings. The lowest BCUT2D eigenvalue weighted by Gasteiger charge is -2.17. The topological polar surface area (TPSA) is 109 Å². The molecule has 0 aliphatic carbocycles. The van der Waals surface area contributed by atoms with E-state index in [0.29, 0.717) is 43.3 Å². The summed E-state index contributed by atoms with van der Waals surface area (Å²) in [6.45, 7) is 2.02. The Kier molecular flexibility index (Phi) is 6.55. The highest BCUT2D eigenvalue weighted by molar-refractivity contribution is 6.06. The zero-order valence-electron chi connectivity index (χ0n) is 18.2. The van der Waals surface area contributed by atoms with Gasteiger partial charge in [0, 0.05) is 63.2 Å². The second kappa shape index (κ2) is 9.69. The molecule has 9 nitrogen and oxygen atoms in total. The van der Waals surface area contributed by atoms with Crippen molar-refractivity contribution in [3.8, 4) is 0 Å². The molecule has 32 heavy (non-hydrogen) atoms. The minimum Gasteiger partial charge on any atom is -0.383 e. The first kappa shape index (κ1) is 21.6. The number of pyridine rings is 1. The summed E-state index contributed by atoms with van der Waals surface area (Å²) in [7, 11) is 3.32. The second-order valence-corrected chi connectivity index (χ2v) is 7.64. The highest BCUT2D eigenvalue weighted by Gasteiger charge is 2.30. The Bertz CT molecular complexity index is 1120. The molecule has 1 saturated heterocycles. The van der Waals surface area contributed by atoms with E-state index >= 15 is 0 Å². The molecule has 166 valence electrons. The molecule has 1 atom stereocenters. The Morgan fingerprint density at radius 1 is 1.22 bits per heavy atom. The molecule has 1 aliphatic rings. The summed E-state index contributed by atoms with van der Waals surface area (Å²) in [6, 6.07) is 9.46. The zero-order valence-corrected chi connectivity index (χ0v) is 18.2. The number of para-hydroxylation sites is 1. The van der Waals surface area contributed by atoms with Gasteiger partial charge in [-0.1, -0.05) is 18.2 Å². The summed E-state index contributed by atoms with van der Waals surface area (Å²) < 4.78 is 5.03. The van der Waals surface area contributed by atoms with Crippen LogP contribution in [0.15, 0.2) is 42.7 Å². The van der Waals surface area contributed by atoms with E-state index < -0.39 is 0 Å². The largest absolute Gasteiger partial charge is 0.383 e. The van der Waals surface area contributed by atoms with E-state index in [4.69, 9.17) is 9.72 Å². The summed E-state index contributed by atoms with van der Waals surface area (Å²) in [5.41, 5.74) is 2.62. The average Bonchev–Trinajstić information content (AvgIpc) is 3.33. The molecular formula is C23H26N6O3. The number of anilines is 1. The molecular weight excluding hydrogens is 408 g/mol. The molecule has 4 rings (SSSR count). The van der Waals surface area contributed by atoms with Gasteiger partial charge in [-0.05, 0) is 18.6 Å². The minimum absolute atomic E-state index is 0.0478. The number of carbonyl (C=O) groups excluding carboxylic acids is 2. The maximum atomic E-state index is 12.9. The zero-order chi connectivity index (χ0) is 22.5. The first-order chi connectivity index (χ1) is 15.6.